The van der Waals surface area contributed by atoms with Gasteiger partial charge >= 0.3 is 0 Å². The summed E-state index contributed by atoms with van der Waals surface area (Å²) in [5, 5.41) is 3.02. The molecule has 5 nitrogen and oxygen atoms in total. The van der Waals surface area contributed by atoms with Gasteiger partial charge in [0.25, 0.3) is 0 Å². The average molecular weight is 368 g/mol. The maximum absolute atomic E-state index is 12.5. The van der Waals surface area contributed by atoms with Crippen molar-refractivity contribution in [1.29, 1.82) is 0 Å². The maximum Gasteiger partial charge on any atom is 0.244 e. The highest BCUT2D eigenvalue weighted by atomic mass is 79.9. The molecule has 1 heterocycles. The summed E-state index contributed by atoms with van der Waals surface area (Å²) in [6, 6.07) is 7.52. The molecule has 6 heteroatoms. The zero-order chi connectivity index (χ0) is 16.3. The highest BCUT2D eigenvalue weighted by Crippen LogP contribution is 2.21. The molecule has 120 valence electrons. The lowest BCUT2D eigenvalue weighted by molar-refractivity contribution is -0.130. The molecule has 0 aromatic heterocycles. The molecule has 2 rings (SSSR count). The maximum atomic E-state index is 12.5. The molecule has 0 radical (unpaired) electrons. The minimum Gasteiger partial charge on any atom is -0.351 e. The fraction of sp³-hybridized carbons (Fsp3) is 0.500. The third-order valence-corrected chi connectivity index (χ3v) is 4.72. The van der Waals surface area contributed by atoms with E-state index in [1.54, 1.807) is 18.7 Å². The van der Waals surface area contributed by atoms with Gasteiger partial charge in [-0.15, -0.1) is 0 Å². The summed E-state index contributed by atoms with van der Waals surface area (Å²) < 4.78 is 0.948. The van der Waals surface area contributed by atoms with Gasteiger partial charge in [0.15, 0.2) is 0 Å². The fourth-order valence-corrected chi connectivity index (χ4v) is 2.87. The van der Waals surface area contributed by atoms with Crippen LogP contribution in [0.15, 0.2) is 28.7 Å². The normalized spacial score (nSPS) is 18.6. The number of amides is 2. The molecular formula is C16H22BrN3O2. The van der Waals surface area contributed by atoms with Crippen LogP contribution in [0.2, 0.25) is 0 Å². The number of nitrogens with two attached hydrogens (primary N) is 1. The number of piperidine rings is 1. The standard InChI is InChI=1S/C16H22BrN3O2/c1-11(21)20-9-7-14(8-10-20)19-15(22)16(2,18)12-3-5-13(17)6-4-12/h3-6,14H,7-10,18H2,1-2H3,(H,19,22). The van der Waals surface area contributed by atoms with Crippen LogP contribution in [0.5, 0.6) is 0 Å². The van der Waals surface area contributed by atoms with Crippen LogP contribution in [0.3, 0.4) is 0 Å². The Labute approximate surface area is 139 Å². The molecule has 3 N–H and O–H groups in total. The molecule has 22 heavy (non-hydrogen) atoms. The molecule has 0 spiro atoms. The third-order valence-electron chi connectivity index (χ3n) is 4.19. The van der Waals surface area contributed by atoms with Crippen molar-refractivity contribution >= 4 is 27.7 Å². The van der Waals surface area contributed by atoms with E-state index in [0.717, 1.165) is 22.9 Å². The Morgan fingerprint density at radius 1 is 1.27 bits per heavy atom. The first-order chi connectivity index (χ1) is 10.3. The van der Waals surface area contributed by atoms with Gasteiger partial charge in [-0.25, -0.2) is 0 Å². The Morgan fingerprint density at radius 3 is 2.32 bits per heavy atom. The molecule has 1 saturated heterocycles. The van der Waals surface area contributed by atoms with E-state index in [9.17, 15) is 9.59 Å². The highest BCUT2D eigenvalue weighted by molar-refractivity contribution is 9.10. The SMILES string of the molecule is CC(=O)N1CCC(NC(=O)C(C)(N)c2ccc(Br)cc2)CC1. The van der Waals surface area contributed by atoms with Crippen LogP contribution in [0.4, 0.5) is 0 Å². The number of nitrogens with zero attached hydrogens (tertiary/aromatic N) is 1. The highest BCUT2D eigenvalue weighted by Gasteiger charge is 2.33. The van der Waals surface area contributed by atoms with Crippen LogP contribution in [0.1, 0.15) is 32.3 Å². The number of benzene rings is 1. The van der Waals surface area contributed by atoms with Crippen LogP contribution in [0, 0.1) is 0 Å². The van der Waals surface area contributed by atoms with E-state index in [2.05, 4.69) is 21.2 Å². The van der Waals surface area contributed by atoms with E-state index in [4.69, 9.17) is 5.73 Å². The van der Waals surface area contributed by atoms with E-state index in [1.165, 1.54) is 0 Å². The van der Waals surface area contributed by atoms with Gasteiger partial charge in [-0.05, 0) is 37.5 Å². The van der Waals surface area contributed by atoms with E-state index in [0.29, 0.717) is 13.1 Å². The van der Waals surface area contributed by atoms with Gasteiger partial charge in [0, 0.05) is 30.5 Å². The summed E-state index contributed by atoms with van der Waals surface area (Å²) in [6.07, 6.45) is 1.53. The summed E-state index contributed by atoms with van der Waals surface area (Å²) in [4.78, 5) is 25.6. The van der Waals surface area contributed by atoms with Crippen molar-refractivity contribution in [3.05, 3.63) is 34.3 Å². The molecule has 1 atom stereocenters. The van der Waals surface area contributed by atoms with Gasteiger partial charge in [0.05, 0.1) is 0 Å². The predicted octanol–water partition coefficient (Wildman–Crippen LogP) is 1.75. The number of hydrogen-bond donors (Lipinski definition) is 2. The second kappa shape index (κ2) is 6.79. The number of halogens is 1. The first kappa shape index (κ1) is 17.0. The number of nitrogens with one attached hydrogen (secondary N) is 1. The molecule has 1 aliphatic rings. The van der Waals surface area contributed by atoms with E-state index in [-0.39, 0.29) is 17.9 Å². The monoisotopic (exact) mass is 367 g/mol. The van der Waals surface area contributed by atoms with Gasteiger partial charge in [0.1, 0.15) is 5.54 Å². The molecule has 1 aromatic carbocycles. The Balaban J connectivity index is 1.97. The predicted molar refractivity (Wildman–Crippen MR) is 89.1 cm³/mol. The van der Waals surface area contributed by atoms with Crippen molar-refractivity contribution < 1.29 is 9.59 Å². The number of likely N-dealkylation sites (tertiary alicyclic amines) is 1. The molecule has 2 amide bonds. The zero-order valence-electron chi connectivity index (χ0n) is 12.9. The second-order valence-corrected chi connectivity index (χ2v) is 6.88. The van der Waals surface area contributed by atoms with Gasteiger partial charge < -0.3 is 16.0 Å². The number of hydrogen-bond acceptors (Lipinski definition) is 3. The average Bonchev–Trinajstić information content (AvgIpc) is 2.48. The smallest absolute Gasteiger partial charge is 0.244 e. The van der Waals surface area contributed by atoms with Gasteiger partial charge in [-0.3, -0.25) is 9.59 Å². The van der Waals surface area contributed by atoms with E-state index < -0.39 is 5.54 Å². The van der Waals surface area contributed by atoms with Crippen molar-refractivity contribution in [3.63, 3.8) is 0 Å². The minimum atomic E-state index is -1.07. The van der Waals surface area contributed by atoms with Crippen molar-refractivity contribution in [2.75, 3.05) is 13.1 Å². The molecule has 0 aliphatic carbocycles. The lowest BCUT2D eigenvalue weighted by Gasteiger charge is -2.34. The van der Waals surface area contributed by atoms with E-state index in [1.807, 2.05) is 24.3 Å². The largest absolute Gasteiger partial charge is 0.351 e. The molecule has 1 aliphatic heterocycles. The topological polar surface area (TPSA) is 75.4 Å². The molecule has 1 aromatic rings. The molecule has 1 unspecified atom stereocenters. The van der Waals surface area contributed by atoms with Crippen LogP contribution in [-0.4, -0.2) is 35.8 Å². The minimum absolute atomic E-state index is 0.0708. The summed E-state index contributed by atoms with van der Waals surface area (Å²) in [6.45, 7) is 4.65. The molecule has 1 fully saturated rings. The Bertz CT molecular complexity index is 549. The van der Waals surface area contributed by atoms with Crippen molar-refractivity contribution in [1.82, 2.24) is 10.2 Å². The van der Waals surface area contributed by atoms with E-state index >= 15 is 0 Å². The number of carbonyl (C=O) groups excluding carboxylic acids is 2. The van der Waals surface area contributed by atoms with Crippen LogP contribution >= 0.6 is 15.9 Å². The lowest BCUT2D eigenvalue weighted by atomic mass is 9.91. The Morgan fingerprint density at radius 2 is 1.82 bits per heavy atom. The molecule has 0 bridgehead atoms. The summed E-state index contributed by atoms with van der Waals surface area (Å²) in [5.41, 5.74) is 5.93. The fourth-order valence-electron chi connectivity index (χ4n) is 2.60. The number of carbonyl (C=O) groups is 2. The van der Waals surface area contributed by atoms with Crippen molar-refractivity contribution in [2.24, 2.45) is 5.73 Å². The van der Waals surface area contributed by atoms with Crippen molar-refractivity contribution in [2.45, 2.75) is 38.3 Å². The molecule has 0 saturated carbocycles. The van der Waals surface area contributed by atoms with Gasteiger partial charge in [-0.2, -0.15) is 0 Å². The van der Waals surface area contributed by atoms with Crippen LogP contribution in [0.25, 0.3) is 0 Å². The second-order valence-electron chi connectivity index (χ2n) is 5.96. The zero-order valence-corrected chi connectivity index (χ0v) is 14.5. The Hall–Kier alpha value is -1.40. The summed E-state index contributed by atoms with van der Waals surface area (Å²) in [7, 11) is 0. The quantitative estimate of drug-likeness (QED) is 0.854. The third kappa shape index (κ3) is 3.87. The first-order valence-electron chi connectivity index (χ1n) is 7.42. The van der Waals surface area contributed by atoms with Crippen LogP contribution in [-0.2, 0) is 15.1 Å². The number of rotatable bonds is 3. The lowest BCUT2D eigenvalue weighted by Crippen LogP contribution is -2.54. The first-order valence-corrected chi connectivity index (χ1v) is 8.21. The van der Waals surface area contributed by atoms with Gasteiger partial charge in [0.2, 0.25) is 11.8 Å². The van der Waals surface area contributed by atoms with Crippen LogP contribution < -0.4 is 11.1 Å². The summed E-state index contributed by atoms with van der Waals surface area (Å²) >= 11 is 3.37. The Kier molecular flexibility index (Phi) is 5.24. The van der Waals surface area contributed by atoms with Gasteiger partial charge in [-0.1, -0.05) is 28.1 Å². The summed E-state index contributed by atoms with van der Waals surface area (Å²) in [5.74, 6) is -0.0978. The van der Waals surface area contributed by atoms with Crippen molar-refractivity contribution in [3.8, 4) is 0 Å². The molecular weight excluding hydrogens is 346 g/mol.